The van der Waals surface area contributed by atoms with Gasteiger partial charge in [0, 0.05) is 0 Å². The minimum atomic E-state index is -1.44. The van der Waals surface area contributed by atoms with E-state index in [4.69, 9.17) is 10.2 Å². The van der Waals surface area contributed by atoms with Crippen molar-refractivity contribution in [2.75, 3.05) is 6.61 Å². The summed E-state index contributed by atoms with van der Waals surface area (Å²) in [4.78, 5) is 22.1. The van der Waals surface area contributed by atoms with Gasteiger partial charge in [-0.15, -0.1) is 0 Å². The van der Waals surface area contributed by atoms with E-state index in [0.29, 0.717) is 5.56 Å². The monoisotopic (exact) mass is 241 g/mol. The molecule has 1 amide bonds. The van der Waals surface area contributed by atoms with Crippen LogP contribution in [0.4, 0.5) is 4.39 Å². The fraction of sp³-hybridized carbons (Fsp3) is 0.273. The molecule has 0 bridgehead atoms. The zero-order valence-corrected chi connectivity index (χ0v) is 9.11. The molecule has 3 N–H and O–H groups in total. The standard InChI is InChI=1S/C11H12FNO4/c1-6-2-3-8(12)7(4-6)10(15)13-9(5-14)11(16)17/h2-4,9,14H,5H2,1H3,(H,13,15)(H,16,17)/t9-/m0/s1. The van der Waals surface area contributed by atoms with Crippen molar-refractivity contribution in [1.82, 2.24) is 5.32 Å². The smallest absolute Gasteiger partial charge is 0.328 e. The number of aliphatic carboxylic acids is 1. The van der Waals surface area contributed by atoms with Crippen molar-refractivity contribution in [1.29, 1.82) is 0 Å². The molecule has 0 aromatic heterocycles. The highest BCUT2D eigenvalue weighted by Gasteiger charge is 2.21. The van der Waals surface area contributed by atoms with Crippen molar-refractivity contribution < 1.29 is 24.2 Å². The number of aliphatic hydroxyl groups is 1. The van der Waals surface area contributed by atoms with Gasteiger partial charge < -0.3 is 15.5 Å². The molecule has 0 spiro atoms. The summed E-state index contributed by atoms with van der Waals surface area (Å²) < 4.78 is 13.3. The van der Waals surface area contributed by atoms with Crippen molar-refractivity contribution >= 4 is 11.9 Å². The lowest BCUT2D eigenvalue weighted by atomic mass is 10.1. The van der Waals surface area contributed by atoms with Crippen LogP contribution in [0.3, 0.4) is 0 Å². The third kappa shape index (κ3) is 3.25. The predicted octanol–water partition coefficient (Wildman–Crippen LogP) is 0.309. The van der Waals surface area contributed by atoms with E-state index in [9.17, 15) is 14.0 Å². The van der Waals surface area contributed by atoms with Crippen LogP contribution in [-0.4, -0.2) is 34.7 Å². The minimum Gasteiger partial charge on any atom is -0.480 e. The highest BCUT2D eigenvalue weighted by molar-refractivity contribution is 5.97. The summed E-state index contributed by atoms with van der Waals surface area (Å²) in [6, 6.07) is 2.48. The predicted molar refractivity (Wildman–Crippen MR) is 57.1 cm³/mol. The zero-order valence-electron chi connectivity index (χ0n) is 9.11. The molecule has 0 fully saturated rings. The molecule has 0 aliphatic heterocycles. The number of carbonyl (C=O) groups excluding carboxylic acids is 1. The van der Waals surface area contributed by atoms with Gasteiger partial charge in [-0.2, -0.15) is 0 Å². The summed E-state index contributed by atoms with van der Waals surface area (Å²) >= 11 is 0. The second-order valence-electron chi connectivity index (χ2n) is 3.53. The number of carbonyl (C=O) groups is 2. The van der Waals surface area contributed by atoms with Gasteiger partial charge in [-0.25, -0.2) is 9.18 Å². The lowest BCUT2D eigenvalue weighted by Gasteiger charge is -2.12. The van der Waals surface area contributed by atoms with Gasteiger partial charge >= 0.3 is 5.97 Å². The summed E-state index contributed by atoms with van der Waals surface area (Å²) in [5, 5.41) is 19.4. The van der Waals surface area contributed by atoms with E-state index in [1.54, 1.807) is 6.92 Å². The molecule has 1 aromatic rings. The topological polar surface area (TPSA) is 86.6 Å². The number of halogens is 1. The van der Waals surface area contributed by atoms with Gasteiger partial charge in [-0.3, -0.25) is 4.79 Å². The van der Waals surface area contributed by atoms with Gasteiger partial charge in [0.2, 0.25) is 0 Å². The van der Waals surface area contributed by atoms with Crippen LogP contribution in [-0.2, 0) is 4.79 Å². The second kappa shape index (κ2) is 5.40. The van der Waals surface area contributed by atoms with Crippen LogP contribution in [0.15, 0.2) is 18.2 Å². The van der Waals surface area contributed by atoms with Crippen molar-refractivity contribution in [3.05, 3.63) is 35.1 Å². The SMILES string of the molecule is Cc1ccc(F)c(C(=O)N[C@@H](CO)C(=O)O)c1. The Kier molecular flexibility index (Phi) is 4.17. The van der Waals surface area contributed by atoms with Crippen LogP contribution < -0.4 is 5.32 Å². The Bertz CT molecular complexity index is 447. The number of amides is 1. The first-order chi connectivity index (χ1) is 7.95. The Balaban J connectivity index is 2.89. The molecule has 5 nitrogen and oxygen atoms in total. The number of hydrogen-bond donors (Lipinski definition) is 3. The number of hydrogen-bond acceptors (Lipinski definition) is 3. The van der Waals surface area contributed by atoms with E-state index in [1.165, 1.54) is 12.1 Å². The van der Waals surface area contributed by atoms with E-state index in [2.05, 4.69) is 0 Å². The van der Waals surface area contributed by atoms with Crippen LogP contribution in [0.25, 0.3) is 0 Å². The molecule has 0 aliphatic carbocycles. The fourth-order valence-electron chi connectivity index (χ4n) is 1.23. The Labute approximate surface area is 96.9 Å². The third-order valence-electron chi connectivity index (χ3n) is 2.15. The Morgan fingerprint density at radius 3 is 2.65 bits per heavy atom. The number of benzene rings is 1. The summed E-state index contributed by atoms with van der Waals surface area (Å²) in [5.74, 6) is -2.99. The number of aryl methyl sites for hydroxylation is 1. The van der Waals surface area contributed by atoms with Crippen molar-refractivity contribution in [3.8, 4) is 0 Å². The normalized spacial score (nSPS) is 11.9. The summed E-state index contributed by atoms with van der Waals surface area (Å²) in [5.41, 5.74) is 0.428. The van der Waals surface area contributed by atoms with E-state index in [-0.39, 0.29) is 5.56 Å². The largest absolute Gasteiger partial charge is 0.480 e. The lowest BCUT2D eigenvalue weighted by molar-refractivity contribution is -0.140. The molecule has 0 saturated heterocycles. The maximum Gasteiger partial charge on any atom is 0.328 e. The average molecular weight is 241 g/mol. The van der Waals surface area contributed by atoms with Crippen LogP contribution in [0.1, 0.15) is 15.9 Å². The molecular weight excluding hydrogens is 229 g/mol. The van der Waals surface area contributed by atoms with Gasteiger partial charge in [-0.1, -0.05) is 11.6 Å². The minimum absolute atomic E-state index is 0.246. The maximum absolute atomic E-state index is 13.3. The highest BCUT2D eigenvalue weighted by Crippen LogP contribution is 2.10. The zero-order chi connectivity index (χ0) is 13.0. The first-order valence-electron chi connectivity index (χ1n) is 4.86. The van der Waals surface area contributed by atoms with Crippen LogP contribution in [0.2, 0.25) is 0 Å². The third-order valence-corrected chi connectivity index (χ3v) is 2.15. The molecule has 1 atom stereocenters. The van der Waals surface area contributed by atoms with Gasteiger partial charge in [-0.05, 0) is 19.1 Å². The number of aliphatic hydroxyl groups excluding tert-OH is 1. The van der Waals surface area contributed by atoms with E-state index >= 15 is 0 Å². The molecular formula is C11H12FNO4. The molecule has 1 rings (SSSR count). The Morgan fingerprint density at radius 2 is 2.12 bits per heavy atom. The van der Waals surface area contributed by atoms with E-state index in [1.807, 2.05) is 5.32 Å². The van der Waals surface area contributed by atoms with Crippen LogP contribution in [0.5, 0.6) is 0 Å². The first-order valence-corrected chi connectivity index (χ1v) is 4.86. The van der Waals surface area contributed by atoms with Crippen molar-refractivity contribution in [3.63, 3.8) is 0 Å². The second-order valence-corrected chi connectivity index (χ2v) is 3.53. The first kappa shape index (κ1) is 13.1. The maximum atomic E-state index is 13.3. The number of nitrogens with one attached hydrogen (secondary N) is 1. The van der Waals surface area contributed by atoms with Gasteiger partial charge in [0.25, 0.3) is 5.91 Å². The van der Waals surface area contributed by atoms with Crippen molar-refractivity contribution in [2.45, 2.75) is 13.0 Å². The number of carboxylic acids is 1. The molecule has 0 radical (unpaired) electrons. The molecule has 0 heterocycles. The Hall–Kier alpha value is -1.95. The van der Waals surface area contributed by atoms with Gasteiger partial charge in [0.05, 0.1) is 12.2 Å². The van der Waals surface area contributed by atoms with Gasteiger partial charge in [0.1, 0.15) is 5.82 Å². The summed E-state index contributed by atoms with van der Waals surface area (Å²) in [6.07, 6.45) is 0. The summed E-state index contributed by atoms with van der Waals surface area (Å²) in [7, 11) is 0. The average Bonchev–Trinajstić information content (AvgIpc) is 2.28. The van der Waals surface area contributed by atoms with Gasteiger partial charge in [0.15, 0.2) is 6.04 Å². The quantitative estimate of drug-likeness (QED) is 0.708. The summed E-state index contributed by atoms with van der Waals surface area (Å²) in [6.45, 7) is 0.922. The van der Waals surface area contributed by atoms with E-state index in [0.717, 1.165) is 6.07 Å². The molecule has 92 valence electrons. The molecule has 6 heteroatoms. The van der Waals surface area contributed by atoms with Crippen LogP contribution >= 0.6 is 0 Å². The molecule has 1 aromatic carbocycles. The number of carboxylic acid groups (broad SMARTS) is 1. The molecule has 0 aliphatic rings. The van der Waals surface area contributed by atoms with Crippen molar-refractivity contribution in [2.24, 2.45) is 0 Å². The van der Waals surface area contributed by atoms with E-state index < -0.39 is 30.3 Å². The molecule has 0 unspecified atom stereocenters. The molecule has 0 saturated carbocycles. The number of rotatable bonds is 4. The molecule has 17 heavy (non-hydrogen) atoms. The fourth-order valence-corrected chi connectivity index (χ4v) is 1.23. The Morgan fingerprint density at radius 1 is 1.47 bits per heavy atom. The lowest BCUT2D eigenvalue weighted by Crippen LogP contribution is -2.43. The van der Waals surface area contributed by atoms with Crippen LogP contribution in [0, 0.1) is 12.7 Å². The highest BCUT2D eigenvalue weighted by atomic mass is 19.1.